The van der Waals surface area contributed by atoms with Gasteiger partial charge in [0.25, 0.3) is 0 Å². The Bertz CT molecular complexity index is 410. The standard InChI is InChI=1S/C15H26O3Si/c1-15(2,3)14(18-19(4)5)11-6-7-12(9-16)13(8-11)10-17/h6-8,14,16-17,19H,9-10H2,1-5H3. The molecule has 1 aromatic carbocycles. The predicted molar refractivity (Wildman–Crippen MR) is 80.4 cm³/mol. The van der Waals surface area contributed by atoms with Gasteiger partial charge in [0.15, 0.2) is 9.04 Å². The molecule has 1 aromatic rings. The lowest BCUT2D eigenvalue weighted by atomic mass is 9.84. The summed E-state index contributed by atoms with van der Waals surface area (Å²) in [5.74, 6) is 0. The Morgan fingerprint density at radius 3 is 2.11 bits per heavy atom. The third-order valence-corrected chi connectivity index (χ3v) is 3.89. The highest BCUT2D eigenvalue weighted by atomic mass is 28.3. The van der Waals surface area contributed by atoms with Gasteiger partial charge in [0.2, 0.25) is 0 Å². The summed E-state index contributed by atoms with van der Waals surface area (Å²) in [5.41, 5.74) is 2.64. The molecule has 1 rings (SSSR count). The SMILES string of the molecule is C[SiH](C)OC(c1ccc(CO)c(CO)c1)C(C)(C)C. The molecule has 0 saturated carbocycles. The third-order valence-electron chi connectivity index (χ3n) is 3.07. The maximum absolute atomic E-state index is 9.40. The molecular formula is C15H26O3Si. The molecule has 0 aliphatic heterocycles. The Hall–Kier alpha value is -0.683. The fourth-order valence-corrected chi connectivity index (χ4v) is 3.27. The van der Waals surface area contributed by atoms with Gasteiger partial charge in [-0.2, -0.15) is 0 Å². The van der Waals surface area contributed by atoms with Gasteiger partial charge < -0.3 is 14.6 Å². The van der Waals surface area contributed by atoms with Gasteiger partial charge in [0.05, 0.1) is 19.3 Å². The minimum atomic E-state index is -1.15. The molecule has 1 atom stereocenters. The quantitative estimate of drug-likeness (QED) is 0.817. The molecule has 108 valence electrons. The molecule has 3 nitrogen and oxygen atoms in total. The number of aliphatic hydroxyl groups excluding tert-OH is 2. The molecule has 0 radical (unpaired) electrons. The van der Waals surface area contributed by atoms with Crippen molar-refractivity contribution in [3.8, 4) is 0 Å². The van der Waals surface area contributed by atoms with Gasteiger partial charge in [0.1, 0.15) is 0 Å². The van der Waals surface area contributed by atoms with E-state index in [2.05, 4.69) is 33.9 Å². The Morgan fingerprint density at radius 2 is 1.68 bits per heavy atom. The zero-order valence-electron chi connectivity index (χ0n) is 12.6. The van der Waals surface area contributed by atoms with Crippen molar-refractivity contribution in [2.24, 2.45) is 5.41 Å². The van der Waals surface area contributed by atoms with Gasteiger partial charge in [-0.25, -0.2) is 0 Å². The summed E-state index contributed by atoms with van der Waals surface area (Å²) >= 11 is 0. The molecule has 0 aromatic heterocycles. The van der Waals surface area contributed by atoms with Crippen molar-refractivity contribution < 1.29 is 14.6 Å². The Kier molecular flexibility index (Phi) is 5.74. The smallest absolute Gasteiger partial charge is 0.171 e. The van der Waals surface area contributed by atoms with Crippen LogP contribution < -0.4 is 0 Å². The lowest BCUT2D eigenvalue weighted by Gasteiger charge is -2.33. The predicted octanol–water partition coefficient (Wildman–Crippen LogP) is 2.76. The van der Waals surface area contributed by atoms with Crippen LogP contribution in [0, 0.1) is 5.41 Å². The van der Waals surface area contributed by atoms with Gasteiger partial charge in [-0.05, 0) is 35.2 Å². The van der Waals surface area contributed by atoms with Crippen LogP contribution in [-0.4, -0.2) is 19.3 Å². The average Bonchev–Trinajstić information content (AvgIpc) is 2.33. The maximum Gasteiger partial charge on any atom is 0.171 e. The molecule has 0 saturated heterocycles. The van der Waals surface area contributed by atoms with E-state index in [0.29, 0.717) is 0 Å². The molecule has 0 fully saturated rings. The molecule has 0 aliphatic rings. The van der Waals surface area contributed by atoms with Crippen LogP contribution in [0.25, 0.3) is 0 Å². The minimum Gasteiger partial charge on any atom is -0.413 e. The van der Waals surface area contributed by atoms with Crippen LogP contribution in [0.3, 0.4) is 0 Å². The normalized spacial score (nSPS) is 13.9. The first kappa shape index (κ1) is 16.4. The zero-order valence-corrected chi connectivity index (χ0v) is 13.8. The van der Waals surface area contributed by atoms with Gasteiger partial charge in [-0.15, -0.1) is 0 Å². The van der Waals surface area contributed by atoms with Gasteiger partial charge in [-0.3, -0.25) is 0 Å². The highest BCUT2D eigenvalue weighted by Gasteiger charge is 2.28. The second-order valence-electron chi connectivity index (χ2n) is 6.28. The molecule has 19 heavy (non-hydrogen) atoms. The van der Waals surface area contributed by atoms with E-state index in [9.17, 15) is 10.2 Å². The Balaban J connectivity index is 3.16. The summed E-state index contributed by atoms with van der Waals surface area (Å²) in [6.07, 6.45) is 0.0252. The van der Waals surface area contributed by atoms with Crippen LogP contribution in [0.2, 0.25) is 13.1 Å². The monoisotopic (exact) mass is 282 g/mol. The molecule has 4 heteroatoms. The first-order valence-corrected chi connectivity index (χ1v) is 9.56. The molecule has 0 spiro atoms. The van der Waals surface area contributed by atoms with Crippen molar-refractivity contribution >= 4 is 9.04 Å². The van der Waals surface area contributed by atoms with E-state index in [1.165, 1.54) is 0 Å². The molecule has 0 bridgehead atoms. The Labute approximate surface area is 118 Å². The maximum atomic E-state index is 9.40. The van der Waals surface area contributed by atoms with Crippen LogP contribution in [-0.2, 0) is 17.6 Å². The Morgan fingerprint density at radius 1 is 1.11 bits per heavy atom. The van der Waals surface area contributed by atoms with Crippen molar-refractivity contribution in [2.45, 2.75) is 53.2 Å². The van der Waals surface area contributed by atoms with E-state index in [4.69, 9.17) is 4.43 Å². The molecule has 0 heterocycles. The molecule has 0 amide bonds. The molecular weight excluding hydrogens is 256 g/mol. The second kappa shape index (κ2) is 6.66. The van der Waals surface area contributed by atoms with Gasteiger partial charge >= 0.3 is 0 Å². The van der Waals surface area contributed by atoms with Crippen molar-refractivity contribution in [3.63, 3.8) is 0 Å². The van der Waals surface area contributed by atoms with Crippen LogP contribution >= 0.6 is 0 Å². The first-order chi connectivity index (χ1) is 8.79. The van der Waals surface area contributed by atoms with Crippen LogP contribution in [0.15, 0.2) is 18.2 Å². The van der Waals surface area contributed by atoms with Crippen molar-refractivity contribution in [1.82, 2.24) is 0 Å². The van der Waals surface area contributed by atoms with E-state index in [1.807, 2.05) is 18.2 Å². The number of aliphatic hydroxyl groups is 2. The average molecular weight is 282 g/mol. The highest BCUT2D eigenvalue weighted by molar-refractivity contribution is 6.48. The fraction of sp³-hybridized carbons (Fsp3) is 0.600. The summed E-state index contributed by atoms with van der Waals surface area (Å²) in [6, 6.07) is 5.83. The minimum absolute atomic E-state index is 0.00469. The van der Waals surface area contributed by atoms with Crippen molar-refractivity contribution in [2.75, 3.05) is 0 Å². The van der Waals surface area contributed by atoms with Crippen molar-refractivity contribution in [1.29, 1.82) is 0 Å². The van der Waals surface area contributed by atoms with Crippen LogP contribution in [0.5, 0.6) is 0 Å². The van der Waals surface area contributed by atoms with Crippen molar-refractivity contribution in [3.05, 3.63) is 34.9 Å². The fourth-order valence-electron chi connectivity index (χ4n) is 2.17. The second-order valence-corrected chi connectivity index (χ2v) is 8.64. The largest absolute Gasteiger partial charge is 0.413 e. The molecule has 0 aliphatic carbocycles. The zero-order chi connectivity index (χ0) is 14.6. The van der Waals surface area contributed by atoms with Gasteiger partial charge in [0, 0.05) is 0 Å². The summed E-state index contributed by atoms with van der Waals surface area (Å²) in [4.78, 5) is 0. The summed E-state index contributed by atoms with van der Waals surface area (Å²) in [5, 5.41) is 18.6. The summed E-state index contributed by atoms with van der Waals surface area (Å²) in [7, 11) is -1.15. The van der Waals surface area contributed by atoms with Crippen LogP contribution in [0.4, 0.5) is 0 Å². The topological polar surface area (TPSA) is 49.7 Å². The van der Waals surface area contributed by atoms with E-state index >= 15 is 0 Å². The lowest BCUT2D eigenvalue weighted by molar-refractivity contribution is 0.0863. The number of hydrogen-bond donors (Lipinski definition) is 2. The van der Waals surface area contributed by atoms with E-state index in [1.54, 1.807) is 0 Å². The number of hydrogen-bond acceptors (Lipinski definition) is 3. The first-order valence-electron chi connectivity index (χ1n) is 6.78. The third kappa shape index (κ3) is 4.42. The van der Waals surface area contributed by atoms with E-state index < -0.39 is 9.04 Å². The summed E-state index contributed by atoms with van der Waals surface area (Å²) < 4.78 is 6.17. The number of rotatable bonds is 5. The van der Waals surface area contributed by atoms with E-state index in [-0.39, 0.29) is 24.7 Å². The lowest BCUT2D eigenvalue weighted by Crippen LogP contribution is -2.26. The number of benzene rings is 1. The van der Waals surface area contributed by atoms with Gasteiger partial charge in [-0.1, -0.05) is 39.0 Å². The highest BCUT2D eigenvalue weighted by Crippen LogP contribution is 2.37. The molecule has 2 N–H and O–H groups in total. The summed E-state index contributed by atoms with van der Waals surface area (Å²) in [6.45, 7) is 10.7. The molecule has 1 unspecified atom stereocenters. The van der Waals surface area contributed by atoms with Crippen LogP contribution in [0.1, 0.15) is 43.6 Å². The van der Waals surface area contributed by atoms with E-state index in [0.717, 1.165) is 16.7 Å².